The van der Waals surface area contributed by atoms with Crippen LogP contribution in [0.3, 0.4) is 0 Å². The molecule has 1 aromatic heterocycles. The van der Waals surface area contributed by atoms with Gasteiger partial charge in [-0.1, -0.05) is 30.3 Å². The van der Waals surface area contributed by atoms with Crippen molar-refractivity contribution in [3.8, 4) is 0 Å². The van der Waals surface area contributed by atoms with Gasteiger partial charge in [0.15, 0.2) is 0 Å². The summed E-state index contributed by atoms with van der Waals surface area (Å²) in [5.74, 6) is -0.107. The summed E-state index contributed by atoms with van der Waals surface area (Å²) < 4.78 is 0. The second-order valence-corrected chi connectivity index (χ2v) is 6.03. The number of rotatable bonds is 4. The Morgan fingerprint density at radius 1 is 1.33 bits per heavy atom. The Labute approximate surface area is 134 Å². The van der Waals surface area contributed by atoms with Crippen LogP contribution in [0.2, 0.25) is 0 Å². The van der Waals surface area contributed by atoms with Crippen LogP contribution in [0.1, 0.15) is 40.3 Å². The number of nitrogens with two attached hydrogens (primary N) is 1. The molecule has 1 aromatic carbocycles. The molecule has 1 heterocycles. The van der Waals surface area contributed by atoms with Crippen molar-refractivity contribution in [1.82, 2.24) is 10.3 Å². The van der Waals surface area contributed by atoms with Crippen LogP contribution in [0, 0.1) is 0 Å². The maximum atomic E-state index is 12.3. The highest BCUT2D eigenvalue weighted by molar-refractivity contribution is 7.09. The van der Waals surface area contributed by atoms with Crippen LogP contribution in [0.15, 0.2) is 35.7 Å². The summed E-state index contributed by atoms with van der Waals surface area (Å²) in [5, 5.41) is 5.73. The molecule has 1 saturated carbocycles. The van der Waals surface area contributed by atoms with Crippen molar-refractivity contribution in [3.05, 3.63) is 52.0 Å². The van der Waals surface area contributed by atoms with E-state index in [1.54, 1.807) is 5.38 Å². The molecular weight excluding hydrogens is 306 g/mol. The number of amides is 1. The second-order valence-electron chi connectivity index (χ2n) is 5.09. The summed E-state index contributed by atoms with van der Waals surface area (Å²) >= 11 is 1.43. The molecule has 1 aliphatic carbocycles. The van der Waals surface area contributed by atoms with E-state index in [2.05, 4.69) is 22.4 Å². The van der Waals surface area contributed by atoms with Gasteiger partial charge in [-0.05, 0) is 24.8 Å². The van der Waals surface area contributed by atoms with E-state index in [-0.39, 0.29) is 23.9 Å². The summed E-state index contributed by atoms with van der Waals surface area (Å²) in [6.45, 7) is 0.377. The highest BCUT2D eigenvalue weighted by Gasteiger charge is 2.40. The maximum absolute atomic E-state index is 12.3. The maximum Gasteiger partial charge on any atom is 0.271 e. The molecule has 6 heteroatoms. The molecule has 0 bridgehead atoms. The molecule has 1 aliphatic rings. The van der Waals surface area contributed by atoms with Gasteiger partial charge in [0.05, 0.1) is 5.54 Å². The van der Waals surface area contributed by atoms with Crippen molar-refractivity contribution in [2.75, 3.05) is 0 Å². The molecule has 3 N–H and O–H groups in total. The average molecular weight is 324 g/mol. The van der Waals surface area contributed by atoms with Crippen molar-refractivity contribution in [2.45, 2.75) is 31.3 Å². The Kier molecular flexibility index (Phi) is 4.98. The van der Waals surface area contributed by atoms with Crippen LogP contribution >= 0.6 is 23.7 Å². The number of thiazole rings is 1. The SMILES string of the molecule is Cl.NCc1nc(C(=O)NC2(c3ccccc3)CCC2)cs1. The Morgan fingerprint density at radius 2 is 2.05 bits per heavy atom. The van der Waals surface area contributed by atoms with Gasteiger partial charge in [0.1, 0.15) is 10.7 Å². The third-order valence-corrected chi connectivity index (χ3v) is 4.72. The van der Waals surface area contributed by atoms with Crippen LogP contribution in [0.4, 0.5) is 0 Å². The van der Waals surface area contributed by atoms with Gasteiger partial charge in [0.2, 0.25) is 0 Å². The van der Waals surface area contributed by atoms with Gasteiger partial charge in [0, 0.05) is 11.9 Å². The first-order valence-electron chi connectivity index (χ1n) is 6.76. The predicted molar refractivity (Wildman–Crippen MR) is 86.7 cm³/mol. The minimum atomic E-state index is -0.217. The average Bonchev–Trinajstić information content (AvgIpc) is 2.92. The zero-order chi connectivity index (χ0) is 14.0. The molecular formula is C15H18ClN3OS. The van der Waals surface area contributed by atoms with E-state index >= 15 is 0 Å². The van der Waals surface area contributed by atoms with E-state index in [1.165, 1.54) is 16.9 Å². The number of carbonyl (C=O) groups is 1. The van der Waals surface area contributed by atoms with Gasteiger partial charge in [-0.15, -0.1) is 23.7 Å². The number of hydrogen-bond acceptors (Lipinski definition) is 4. The Morgan fingerprint density at radius 3 is 2.57 bits per heavy atom. The Balaban J connectivity index is 0.00000161. The molecule has 1 amide bonds. The van der Waals surface area contributed by atoms with E-state index in [4.69, 9.17) is 5.73 Å². The van der Waals surface area contributed by atoms with Crippen molar-refractivity contribution in [2.24, 2.45) is 5.73 Å². The molecule has 4 nitrogen and oxygen atoms in total. The summed E-state index contributed by atoms with van der Waals surface area (Å²) in [4.78, 5) is 16.6. The van der Waals surface area contributed by atoms with E-state index in [1.807, 2.05) is 18.2 Å². The topological polar surface area (TPSA) is 68.0 Å². The van der Waals surface area contributed by atoms with E-state index in [0.717, 1.165) is 24.3 Å². The van der Waals surface area contributed by atoms with Gasteiger partial charge in [0.25, 0.3) is 5.91 Å². The Bertz CT molecular complexity index is 610. The molecule has 21 heavy (non-hydrogen) atoms. The van der Waals surface area contributed by atoms with E-state index < -0.39 is 0 Å². The molecule has 0 radical (unpaired) electrons. The molecule has 3 rings (SSSR count). The highest BCUT2D eigenvalue weighted by atomic mass is 35.5. The van der Waals surface area contributed by atoms with Crippen molar-refractivity contribution in [3.63, 3.8) is 0 Å². The number of nitrogens with one attached hydrogen (secondary N) is 1. The molecule has 0 aliphatic heterocycles. The third-order valence-electron chi connectivity index (χ3n) is 3.85. The van der Waals surface area contributed by atoms with E-state index in [0.29, 0.717) is 12.2 Å². The standard InChI is InChI=1S/C15H17N3OS.ClH/c16-9-13-17-12(10-20-13)14(19)18-15(7-4-8-15)11-5-2-1-3-6-11;/h1-3,5-6,10H,4,7-9,16H2,(H,18,19);1H. The first-order valence-corrected chi connectivity index (χ1v) is 7.64. The normalized spacial score (nSPS) is 15.7. The van der Waals surface area contributed by atoms with Crippen LogP contribution in [-0.4, -0.2) is 10.9 Å². The number of nitrogens with zero attached hydrogens (tertiary/aromatic N) is 1. The van der Waals surface area contributed by atoms with Gasteiger partial charge >= 0.3 is 0 Å². The molecule has 2 aromatic rings. The second kappa shape index (κ2) is 6.56. The molecule has 112 valence electrons. The molecule has 0 saturated heterocycles. The minimum Gasteiger partial charge on any atom is -0.341 e. The fourth-order valence-electron chi connectivity index (χ4n) is 2.56. The summed E-state index contributed by atoms with van der Waals surface area (Å²) in [5.41, 5.74) is 6.96. The molecule has 0 spiro atoms. The number of hydrogen-bond donors (Lipinski definition) is 2. The van der Waals surface area contributed by atoms with Gasteiger partial charge in [-0.25, -0.2) is 4.98 Å². The first kappa shape index (κ1) is 15.9. The lowest BCUT2D eigenvalue weighted by Gasteiger charge is -2.43. The highest BCUT2D eigenvalue weighted by Crippen LogP contribution is 2.41. The summed E-state index contributed by atoms with van der Waals surface area (Å²) in [6.07, 6.45) is 3.10. The fraction of sp³-hybridized carbons (Fsp3) is 0.333. The molecule has 0 unspecified atom stereocenters. The van der Waals surface area contributed by atoms with Gasteiger partial charge in [-0.3, -0.25) is 4.79 Å². The zero-order valence-electron chi connectivity index (χ0n) is 11.5. The minimum absolute atomic E-state index is 0. The van der Waals surface area contributed by atoms with E-state index in [9.17, 15) is 4.79 Å². The number of benzene rings is 1. The van der Waals surface area contributed by atoms with Gasteiger partial charge in [-0.2, -0.15) is 0 Å². The lowest BCUT2D eigenvalue weighted by molar-refractivity contribution is 0.0818. The molecule has 0 atom stereocenters. The lowest BCUT2D eigenvalue weighted by Crippen LogP contribution is -2.50. The van der Waals surface area contributed by atoms with Crippen molar-refractivity contribution < 1.29 is 4.79 Å². The Hall–Kier alpha value is -1.43. The lowest BCUT2D eigenvalue weighted by atomic mass is 9.71. The van der Waals surface area contributed by atoms with Crippen LogP contribution < -0.4 is 11.1 Å². The monoisotopic (exact) mass is 323 g/mol. The zero-order valence-corrected chi connectivity index (χ0v) is 13.2. The number of halogens is 1. The van der Waals surface area contributed by atoms with Crippen molar-refractivity contribution in [1.29, 1.82) is 0 Å². The van der Waals surface area contributed by atoms with Crippen LogP contribution in [-0.2, 0) is 12.1 Å². The van der Waals surface area contributed by atoms with Crippen LogP contribution in [0.25, 0.3) is 0 Å². The first-order chi connectivity index (χ1) is 9.73. The predicted octanol–water partition coefficient (Wildman–Crippen LogP) is 2.83. The number of carbonyl (C=O) groups excluding carboxylic acids is 1. The van der Waals surface area contributed by atoms with Crippen molar-refractivity contribution >= 4 is 29.7 Å². The molecule has 1 fully saturated rings. The smallest absolute Gasteiger partial charge is 0.271 e. The van der Waals surface area contributed by atoms with Crippen LogP contribution in [0.5, 0.6) is 0 Å². The quantitative estimate of drug-likeness (QED) is 0.909. The number of aromatic nitrogens is 1. The van der Waals surface area contributed by atoms with Gasteiger partial charge < -0.3 is 11.1 Å². The fourth-order valence-corrected chi connectivity index (χ4v) is 3.22. The third kappa shape index (κ3) is 3.10. The summed E-state index contributed by atoms with van der Waals surface area (Å²) in [6, 6.07) is 10.2. The largest absolute Gasteiger partial charge is 0.341 e. The summed E-state index contributed by atoms with van der Waals surface area (Å²) in [7, 11) is 0.